The largest absolute Gasteiger partial charge is 0.315 e. The monoisotopic (exact) mass is 241 g/mol. The highest BCUT2D eigenvalue weighted by Crippen LogP contribution is 2.15. The van der Waals surface area contributed by atoms with E-state index in [9.17, 15) is 0 Å². The van der Waals surface area contributed by atoms with Gasteiger partial charge >= 0.3 is 0 Å². The van der Waals surface area contributed by atoms with Crippen molar-refractivity contribution in [2.24, 2.45) is 5.92 Å². The molecule has 0 aliphatic carbocycles. The molecule has 0 aromatic heterocycles. The second-order valence-corrected chi connectivity index (χ2v) is 5.11. The van der Waals surface area contributed by atoms with Crippen LogP contribution in [-0.4, -0.2) is 62.2 Å². The highest BCUT2D eigenvalue weighted by Gasteiger charge is 2.17. The second-order valence-electron chi connectivity index (χ2n) is 5.11. The van der Waals surface area contributed by atoms with Crippen LogP contribution in [0.15, 0.2) is 0 Å². The van der Waals surface area contributed by atoms with Crippen LogP contribution in [0.2, 0.25) is 0 Å². The predicted octanol–water partition coefficient (Wildman–Crippen LogP) is 1.65. The number of hydrogen-bond donors (Lipinski definition) is 1. The van der Waals surface area contributed by atoms with E-state index in [1.165, 1.54) is 58.7 Å². The zero-order chi connectivity index (χ0) is 12.5. The summed E-state index contributed by atoms with van der Waals surface area (Å²) in [5, 5.41) is 3.63. The standard InChI is InChI=1S/C14H31N3/c1-4-16(5-2)12-9-15-13-14-7-10-17(6-3)11-8-14/h14-15H,4-13H2,1-3H3. The molecule has 3 heteroatoms. The fourth-order valence-electron chi connectivity index (χ4n) is 2.59. The first kappa shape index (κ1) is 14.9. The smallest absolute Gasteiger partial charge is 0.0107 e. The normalized spacial score (nSPS) is 19.1. The molecule has 0 bridgehead atoms. The lowest BCUT2D eigenvalue weighted by atomic mass is 9.97. The third-order valence-corrected chi connectivity index (χ3v) is 4.09. The van der Waals surface area contributed by atoms with Crippen LogP contribution in [0, 0.1) is 5.92 Å². The van der Waals surface area contributed by atoms with Crippen LogP contribution in [0.25, 0.3) is 0 Å². The quantitative estimate of drug-likeness (QED) is 0.652. The van der Waals surface area contributed by atoms with Crippen LogP contribution < -0.4 is 5.32 Å². The summed E-state index contributed by atoms with van der Waals surface area (Å²) in [5.41, 5.74) is 0. The Labute approximate surface area is 108 Å². The molecular formula is C14H31N3. The van der Waals surface area contributed by atoms with Gasteiger partial charge in [-0.3, -0.25) is 0 Å². The molecule has 1 aliphatic heterocycles. The van der Waals surface area contributed by atoms with Crippen LogP contribution in [0.1, 0.15) is 33.6 Å². The molecule has 1 N–H and O–H groups in total. The van der Waals surface area contributed by atoms with Crippen LogP contribution in [0.5, 0.6) is 0 Å². The van der Waals surface area contributed by atoms with Crippen LogP contribution in [0.4, 0.5) is 0 Å². The maximum atomic E-state index is 3.63. The maximum Gasteiger partial charge on any atom is 0.0107 e. The number of nitrogens with zero attached hydrogens (tertiary/aromatic N) is 2. The number of likely N-dealkylation sites (N-methyl/N-ethyl adjacent to an activating group) is 1. The van der Waals surface area contributed by atoms with Gasteiger partial charge in [0.1, 0.15) is 0 Å². The van der Waals surface area contributed by atoms with Gasteiger partial charge < -0.3 is 15.1 Å². The minimum absolute atomic E-state index is 0.912. The van der Waals surface area contributed by atoms with Gasteiger partial charge in [0, 0.05) is 13.1 Å². The summed E-state index contributed by atoms with van der Waals surface area (Å²) in [4.78, 5) is 5.04. The Kier molecular flexibility index (Phi) is 7.82. The molecule has 0 spiro atoms. The van der Waals surface area contributed by atoms with E-state index in [0.29, 0.717) is 0 Å². The Balaban J connectivity index is 2.00. The average Bonchev–Trinajstić information content (AvgIpc) is 2.40. The van der Waals surface area contributed by atoms with Crippen LogP contribution >= 0.6 is 0 Å². The van der Waals surface area contributed by atoms with E-state index < -0.39 is 0 Å². The van der Waals surface area contributed by atoms with Gasteiger partial charge in [-0.15, -0.1) is 0 Å². The molecule has 17 heavy (non-hydrogen) atoms. The SMILES string of the molecule is CCN(CC)CCNCC1CCN(CC)CC1. The third kappa shape index (κ3) is 5.84. The minimum Gasteiger partial charge on any atom is -0.315 e. The average molecular weight is 241 g/mol. The lowest BCUT2D eigenvalue weighted by Crippen LogP contribution is -2.39. The molecule has 0 radical (unpaired) electrons. The summed E-state index contributed by atoms with van der Waals surface area (Å²) >= 11 is 0. The highest BCUT2D eigenvalue weighted by atomic mass is 15.1. The van der Waals surface area contributed by atoms with E-state index in [-0.39, 0.29) is 0 Å². The van der Waals surface area contributed by atoms with Gasteiger partial charge in [0.15, 0.2) is 0 Å². The Morgan fingerprint density at radius 2 is 1.76 bits per heavy atom. The van der Waals surface area contributed by atoms with Gasteiger partial charge in [0.05, 0.1) is 0 Å². The summed E-state index contributed by atoms with van der Waals surface area (Å²) in [5.74, 6) is 0.912. The third-order valence-electron chi connectivity index (χ3n) is 4.09. The van der Waals surface area contributed by atoms with E-state index in [2.05, 4.69) is 35.9 Å². The first-order chi connectivity index (χ1) is 8.30. The van der Waals surface area contributed by atoms with Gasteiger partial charge in [-0.25, -0.2) is 0 Å². The molecule has 1 rings (SSSR count). The predicted molar refractivity (Wildman–Crippen MR) is 75.5 cm³/mol. The minimum atomic E-state index is 0.912. The summed E-state index contributed by atoms with van der Waals surface area (Å²) < 4.78 is 0. The van der Waals surface area contributed by atoms with Crippen LogP contribution in [0.3, 0.4) is 0 Å². The van der Waals surface area contributed by atoms with Crippen molar-refractivity contribution in [3.8, 4) is 0 Å². The second kappa shape index (κ2) is 8.90. The van der Waals surface area contributed by atoms with Crippen molar-refractivity contribution >= 4 is 0 Å². The molecule has 0 saturated carbocycles. The molecule has 0 aromatic carbocycles. The Hall–Kier alpha value is -0.120. The Bertz CT molecular complexity index is 172. The summed E-state index contributed by atoms with van der Waals surface area (Å²) in [7, 11) is 0. The zero-order valence-electron chi connectivity index (χ0n) is 12.0. The summed E-state index contributed by atoms with van der Waals surface area (Å²) in [6.07, 6.45) is 2.76. The van der Waals surface area contributed by atoms with Crippen molar-refractivity contribution in [2.75, 3.05) is 52.4 Å². The molecule has 0 aromatic rings. The number of hydrogen-bond acceptors (Lipinski definition) is 3. The van der Waals surface area contributed by atoms with Crippen molar-refractivity contribution in [3.63, 3.8) is 0 Å². The summed E-state index contributed by atoms with van der Waals surface area (Å²) in [6, 6.07) is 0. The lowest BCUT2D eigenvalue weighted by Gasteiger charge is -2.31. The molecule has 0 atom stereocenters. The lowest BCUT2D eigenvalue weighted by molar-refractivity contribution is 0.189. The van der Waals surface area contributed by atoms with E-state index in [1.807, 2.05) is 0 Å². The van der Waals surface area contributed by atoms with Crippen molar-refractivity contribution in [1.82, 2.24) is 15.1 Å². The fraction of sp³-hybridized carbons (Fsp3) is 1.00. The Morgan fingerprint density at radius 3 is 2.29 bits per heavy atom. The first-order valence-corrected chi connectivity index (χ1v) is 7.45. The first-order valence-electron chi connectivity index (χ1n) is 7.45. The van der Waals surface area contributed by atoms with Gasteiger partial charge in [0.25, 0.3) is 0 Å². The van der Waals surface area contributed by atoms with E-state index in [1.54, 1.807) is 0 Å². The van der Waals surface area contributed by atoms with Crippen molar-refractivity contribution in [2.45, 2.75) is 33.6 Å². The molecule has 1 heterocycles. The van der Waals surface area contributed by atoms with Crippen LogP contribution in [-0.2, 0) is 0 Å². The van der Waals surface area contributed by atoms with Gasteiger partial charge in [-0.2, -0.15) is 0 Å². The molecule has 1 fully saturated rings. The number of rotatable bonds is 8. The maximum absolute atomic E-state index is 3.63. The topological polar surface area (TPSA) is 18.5 Å². The van der Waals surface area contributed by atoms with E-state index in [4.69, 9.17) is 0 Å². The molecule has 3 nitrogen and oxygen atoms in total. The highest BCUT2D eigenvalue weighted by molar-refractivity contribution is 4.73. The molecule has 102 valence electrons. The number of nitrogens with one attached hydrogen (secondary N) is 1. The number of piperidine rings is 1. The number of likely N-dealkylation sites (tertiary alicyclic amines) is 1. The molecular weight excluding hydrogens is 210 g/mol. The van der Waals surface area contributed by atoms with Crippen molar-refractivity contribution in [1.29, 1.82) is 0 Å². The van der Waals surface area contributed by atoms with E-state index >= 15 is 0 Å². The van der Waals surface area contributed by atoms with E-state index in [0.717, 1.165) is 12.5 Å². The van der Waals surface area contributed by atoms with Crippen molar-refractivity contribution in [3.05, 3.63) is 0 Å². The summed E-state index contributed by atoms with van der Waals surface area (Å²) in [6.45, 7) is 16.5. The Morgan fingerprint density at radius 1 is 1.12 bits per heavy atom. The fourth-order valence-corrected chi connectivity index (χ4v) is 2.59. The van der Waals surface area contributed by atoms with Gasteiger partial charge in [-0.05, 0) is 58.0 Å². The molecule has 0 unspecified atom stereocenters. The zero-order valence-corrected chi connectivity index (χ0v) is 12.0. The van der Waals surface area contributed by atoms with Gasteiger partial charge in [0.2, 0.25) is 0 Å². The van der Waals surface area contributed by atoms with Crippen molar-refractivity contribution < 1.29 is 0 Å². The molecule has 1 aliphatic rings. The molecule has 0 amide bonds. The molecule has 1 saturated heterocycles. The van der Waals surface area contributed by atoms with Gasteiger partial charge in [-0.1, -0.05) is 20.8 Å².